The fourth-order valence-corrected chi connectivity index (χ4v) is 3.26. The van der Waals surface area contributed by atoms with Gasteiger partial charge in [-0.15, -0.1) is 11.8 Å². The summed E-state index contributed by atoms with van der Waals surface area (Å²) in [7, 11) is 1.82. The predicted molar refractivity (Wildman–Crippen MR) is 111 cm³/mol. The lowest BCUT2D eigenvalue weighted by Gasteiger charge is -2.21. The van der Waals surface area contributed by atoms with Crippen molar-refractivity contribution in [3.63, 3.8) is 0 Å². The SMILES string of the molecule is CSc1ccccc1NC(=O)C[NH+](C)[C@@H](C)C(=O)NCCc1ccc(F)cc1. The number of carbonyl (C=O) groups is 2. The Balaban J connectivity index is 1.78. The first-order valence-corrected chi connectivity index (χ1v) is 10.4. The molecule has 0 heterocycles. The second-order valence-corrected chi connectivity index (χ2v) is 7.51. The van der Waals surface area contributed by atoms with Crippen LogP contribution in [-0.2, 0) is 16.0 Å². The standard InChI is InChI=1S/C21H26FN3O2S/c1-15(21(27)23-13-12-16-8-10-17(22)11-9-16)25(2)14-20(26)24-18-6-4-5-7-19(18)28-3/h4-11,15H,12-14H2,1-3H3,(H,23,27)(H,24,26)/p+1/t15-/m0/s1. The predicted octanol–water partition coefficient (Wildman–Crippen LogP) is 1.75. The largest absolute Gasteiger partial charge is 0.351 e. The molecule has 28 heavy (non-hydrogen) atoms. The first kappa shape index (κ1) is 21.9. The number of rotatable bonds is 9. The van der Waals surface area contributed by atoms with Crippen LogP contribution >= 0.6 is 11.8 Å². The minimum Gasteiger partial charge on any atom is -0.351 e. The molecule has 2 amide bonds. The van der Waals surface area contributed by atoms with Gasteiger partial charge in [-0.2, -0.15) is 0 Å². The minimum atomic E-state index is -0.366. The smallest absolute Gasteiger partial charge is 0.279 e. The van der Waals surface area contributed by atoms with Crippen LogP contribution in [0.15, 0.2) is 53.4 Å². The number of quaternary nitrogens is 1. The van der Waals surface area contributed by atoms with Gasteiger partial charge in [0.2, 0.25) is 0 Å². The van der Waals surface area contributed by atoms with Crippen LogP contribution in [0.3, 0.4) is 0 Å². The molecule has 0 aliphatic rings. The zero-order chi connectivity index (χ0) is 20.5. The molecular weight excluding hydrogens is 377 g/mol. The van der Waals surface area contributed by atoms with Gasteiger partial charge in [-0.05, 0) is 49.4 Å². The third-order valence-corrected chi connectivity index (χ3v) is 5.37. The number of hydrogen-bond donors (Lipinski definition) is 3. The fraction of sp³-hybridized carbons (Fsp3) is 0.333. The second-order valence-electron chi connectivity index (χ2n) is 6.66. The van der Waals surface area contributed by atoms with Crippen LogP contribution in [0.25, 0.3) is 0 Å². The highest BCUT2D eigenvalue weighted by Gasteiger charge is 2.23. The molecule has 0 radical (unpaired) electrons. The van der Waals surface area contributed by atoms with E-state index in [1.165, 1.54) is 12.1 Å². The Bertz CT molecular complexity index is 798. The highest BCUT2D eigenvalue weighted by Crippen LogP contribution is 2.24. The third-order valence-electron chi connectivity index (χ3n) is 4.58. The molecule has 2 aromatic carbocycles. The van der Waals surface area contributed by atoms with Crippen molar-refractivity contribution in [1.82, 2.24) is 5.32 Å². The number of likely N-dealkylation sites (N-methyl/N-ethyl adjacent to an activating group) is 1. The lowest BCUT2D eigenvalue weighted by molar-refractivity contribution is -0.885. The number of para-hydroxylation sites is 1. The number of carbonyl (C=O) groups excluding carboxylic acids is 2. The zero-order valence-corrected chi connectivity index (χ0v) is 17.2. The molecule has 0 fully saturated rings. The molecule has 0 aliphatic heterocycles. The molecule has 0 bridgehead atoms. The van der Waals surface area contributed by atoms with Gasteiger partial charge >= 0.3 is 0 Å². The van der Waals surface area contributed by atoms with Crippen LogP contribution in [0.1, 0.15) is 12.5 Å². The maximum absolute atomic E-state index is 12.9. The van der Waals surface area contributed by atoms with E-state index in [1.54, 1.807) is 30.8 Å². The summed E-state index contributed by atoms with van der Waals surface area (Å²) < 4.78 is 12.9. The molecule has 0 aromatic heterocycles. The number of anilines is 1. The monoisotopic (exact) mass is 404 g/mol. The molecule has 0 aliphatic carbocycles. The lowest BCUT2D eigenvalue weighted by atomic mass is 10.1. The number of nitrogens with one attached hydrogen (secondary N) is 3. The van der Waals surface area contributed by atoms with Gasteiger partial charge in [0.25, 0.3) is 11.8 Å². The number of amides is 2. The first-order valence-electron chi connectivity index (χ1n) is 9.18. The zero-order valence-electron chi connectivity index (χ0n) is 16.4. The first-order chi connectivity index (χ1) is 13.4. The molecule has 3 N–H and O–H groups in total. The van der Waals surface area contributed by atoms with Gasteiger partial charge in [-0.25, -0.2) is 4.39 Å². The van der Waals surface area contributed by atoms with E-state index >= 15 is 0 Å². The molecule has 7 heteroatoms. The van der Waals surface area contributed by atoms with E-state index < -0.39 is 0 Å². The van der Waals surface area contributed by atoms with E-state index in [9.17, 15) is 14.0 Å². The number of hydrogen-bond acceptors (Lipinski definition) is 3. The molecule has 0 saturated heterocycles. The van der Waals surface area contributed by atoms with Crippen LogP contribution in [0, 0.1) is 5.82 Å². The molecule has 1 unspecified atom stereocenters. The lowest BCUT2D eigenvalue weighted by Crippen LogP contribution is -3.15. The van der Waals surface area contributed by atoms with Crippen LogP contribution in [0.5, 0.6) is 0 Å². The van der Waals surface area contributed by atoms with Crippen molar-refractivity contribution in [1.29, 1.82) is 0 Å². The van der Waals surface area contributed by atoms with Crippen molar-refractivity contribution in [2.45, 2.75) is 24.3 Å². The van der Waals surface area contributed by atoms with Crippen molar-refractivity contribution in [3.05, 3.63) is 59.9 Å². The summed E-state index contributed by atoms with van der Waals surface area (Å²) >= 11 is 1.57. The van der Waals surface area contributed by atoms with E-state index in [2.05, 4.69) is 10.6 Å². The van der Waals surface area contributed by atoms with Crippen LogP contribution in [0.2, 0.25) is 0 Å². The van der Waals surface area contributed by atoms with Crippen molar-refractivity contribution < 1.29 is 18.9 Å². The molecule has 2 atom stereocenters. The maximum atomic E-state index is 12.9. The average molecular weight is 405 g/mol. The molecule has 2 aromatic rings. The van der Waals surface area contributed by atoms with Gasteiger partial charge in [-0.3, -0.25) is 9.59 Å². The molecule has 2 rings (SSSR count). The number of benzene rings is 2. The van der Waals surface area contributed by atoms with Gasteiger partial charge in [-0.1, -0.05) is 24.3 Å². The van der Waals surface area contributed by atoms with E-state index in [0.717, 1.165) is 21.0 Å². The van der Waals surface area contributed by atoms with Crippen molar-refractivity contribution >= 4 is 29.3 Å². The van der Waals surface area contributed by atoms with Gasteiger partial charge in [0.15, 0.2) is 12.6 Å². The van der Waals surface area contributed by atoms with Crippen LogP contribution < -0.4 is 15.5 Å². The van der Waals surface area contributed by atoms with Gasteiger partial charge < -0.3 is 15.5 Å². The molecule has 0 saturated carbocycles. The van der Waals surface area contributed by atoms with E-state index in [4.69, 9.17) is 0 Å². The second kappa shape index (κ2) is 10.8. The third kappa shape index (κ3) is 6.65. The Morgan fingerprint density at radius 3 is 2.50 bits per heavy atom. The van der Waals surface area contributed by atoms with Gasteiger partial charge in [0, 0.05) is 11.4 Å². The summed E-state index contributed by atoms with van der Waals surface area (Å²) in [6.45, 7) is 2.45. The Kier molecular flexibility index (Phi) is 8.47. The quantitative estimate of drug-likeness (QED) is 0.558. The van der Waals surface area contributed by atoms with Crippen molar-refractivity contribution in [2.75, 3.05) is 31.7 Å². The van der Waals surface area contributed by atoms with Crippen LogP contribution in [-0.4, -0.2) is 44.2 Å². The summed E-state index contributed by atoms with van der Waals surface area (Å²) in [5, 5.41) is 5.79. The molecule has 150 valence electrons. The van der Waals surface area contributed by atoms with Crippen molar-refractivity contribution in [2.24, 2.45) is 0 Å². The highest BCUT2D eigenvalue weighted by molar-refractivity contribution is 7.98. The summed E-state index contributed by atoms with van der Waals surface area (Å²) in [4.78, 5) is 26.5. The number of halogens is 1. The van der Waals surface area contributed by atoms with E-state index in [1.807, 2.05) is 37.6 Å². The summed E-state index contributed by atoms with van der Waals surface area (Å²) in [6.07, 6.45) is 2.59. The van der Waals surface area contributed by atoms with E-state index in [-0.39, 0.29) is 30.2 Å². The Morgan fingerprint density at radius 2 is 1.82 bits per heavy atom. The molecule has 5 nitrogen and oxygen atoms in total. The Hall–Kier alpha value is -2.38. The summed E-state index contributed by atoms with van der Waals surface area (Å²) in [5.74, 6) is -0.521. The van der Waals surface area contributed by atoms with E-state index in [0.29, 0.717) is 13.0 Å². The topological polar surface area (TPSA) is 62.6 Å². The highest BCUT2D eigenvalue weighted by atomic mass is 32.2. The average Bonchev–Trinajstić information content (AvgIpc) is 2.69. The van der Waals surface area contributed by atoms with Crippen LogP contribution in [0.4, 0.5) is 10.1 Å². The fourth-order valence-electron chi connectivity index (χ4n) is 2.71. The maximum Gasteiger partial charge on any atom is 0.279 e. The summed E-state index contributed by atoms with van der Waals surface area (Å²) in [6, 6.07) is 13.5. The van der Waals surface area contributed by atoms with Gasteiger partial charge in [0.1, 0.15) is 5.82 Å². The summed E-state index contributed by atoms with van der Waals surface area (Å²) in [5.41, 5.74) is 1.74. The molecular formula is C21H27FN3O2S+. The molecule has 0 spiro atoms. The normalized spacial score (nSPS) is 12.9. The Morgan fingerprint density at radius 1 is 1.14 bits per heavy atom. The van der Waals surface area contributed by atoms with Gasteiger partial charge in [0.05, 0.1) is 12.7 Å². The van der Waals surface area contributed by atoms with Crippen molar-refractivity contribution in [3.8, 4) is 0 Å². The number of thioether (sulfide) groups is 1. The minimum absolute atomic E-state index is 0.114. The Labute approximate surface area is 169 Å².